The summed E-state index contributed by atoms with van der Waals surface area (Å²) in [5, 5.41) is 0. The lowest BCUT2D eigenvalue weighted by Crippen LogP contribution is -2.04. The van der Waals surface area contributed by atoms with E-state index in [1.165, 1.54) is 5.57 Å². The molecule has 0 saturated carbocycles. The summed E-state index contributed by atoms with van der Waals surface area (Å²) in [5.74, 6) is 0.951. The van der Waals surface area contributed by atoms with Crippen molar-refractivity contribution in [3.8, 4) is 0 Å². The van der Waals surface area contributed by atoms with Gasteiger partial charge in [0.2, 0.25) is 0 Å². The van der Waals surface area contributed by atoms with E-state index in [9.17, 15) is 4.79 Å². The van der Waals surface area contributed by atoms with Gasteiger partial charge < -0.3 is 0 Å². The second-order valence-corrected chi connectivity index (χ2v) is 3.47. The van der Waals surface area contributed by atoms with Crippen LogP contribution >= 0.6 is 0 Å². The van der Waals surface area contributed by atoms with Gasteiger partial charge in [0, 0.05) is 6.42 Å². The van der Waals surface area contributed by atoms with Gasteiger partial charge >= 0.3 is 0 Å². The lowest BCUT2D eigenvalue weighted by molar-refractivity contribution is -0.115. The minimum Gasteiger partial charge on any atom is -0.295 e. The van der Waals surface area contributed by atoms with Gasteiger partial charge in [-0.1, -0.05) is 19.1 Å². The average molecular weight is 148 g/mol. The molecule has 11 heavy (non-hydrogen) atoms. The Morgan fingerprint density at radius 3 is 3.09 bits per heavy atom. The largest absolute Gasteiger partial charge is 0.295 e. The molecular weight excluding hydrogens is 136 g/mol. The molecule has 0 heterocycles. The number of carbonyl (C=O) groups is 1. The zero-order chi connectivity index (χ0) is 7.84. The standard InChI is InChI=1S/C10H12O/c1-7-2-3-8-4-5-10(11)9(8)6-7/h2-3,7H,4-6H2,1H3. The smallest absolute Gasteiger partial charge is 0.159 e. The second-order valence-electron chi connectivity index (χ2n) is 3.47. The molecule has 0 fully saturated rings. The maximum Gasteiger partial charge on any atom is 0.159 e. The molecular formula is C10H12O. The summed E-state index contributed by atoms with van der Waals surface area (Å²) in [6.07, 6.45) is 7.05. The summed E-state index contributed by atoms with van der Waals surface area (Å²) in [4.78, 5) is 11.3. The van der Waals surface area contributed by atoms with E-state index in [2.05, 4.69) is 19.1 Å². The summed E-state index contributed by atoms with van der Waals surface area (Å²) in [5.41, 5.74) is 2.41. The van der Waals surface area contributed by atoms with Crippen molar-refractivity contribution in [3.05, 3.63) is 23.3 Å². The van der Waals surface area contributed by atoms with E-state index in [1.54, 1.807) is 0 Å². The molecule has 0 amide bonds. The van der Waals surface area contributed by atoms with Crippen molar-refractivity contribution in [2.24, 2.45) is 5.92 Å². The Hall–Kier alpha value is -0.850. The van der Waals surface area contributed by atoms with Crippen LogP contribution in [0.2, 0.25) is 0 Å². The first-order valence-corrected chi connectivity index (χ1v) is 4.21. The summed E-state index contributed by atoms with van der Waals surface area (Å²) >= 11 is 0. The number of carbonyl (C=O) groups excluding carboxylic acids is 1. The minimum absolute atomic E-state index is 0.385. The van der Waals surface area contributed by atoms with Gasteiger partial charge in [-0.2, -0.15) is 0 Å². The highest BCUT2D eigenvalue weighted by Gasteiger charge is 2.24. The summed E-state index contributed by atoms with van der Waals surface area (Å²) in [6, 6.07) is 0. The normalized spacial score (nSPS) is 29.5. The Labute approximate surface area is 66.8 Å². The van der Waals surface area contributed by atoms with E-state index in [-0.39, 0.29) is 0 Å². The summed E-state index contributed by atoms with van der Waals surface area (Å²) < 4.78 is 0. The zero-order valence-electron chi connectivity index (χ0n) is 6.76. The molecule has 0 bridgehead atoms. The van der Waals surface area contributed by atoms with Gasteiger partial charge in [0.05, 0.1) is 0 Å². The van der Waals surface area contributed by atoms with Crippen molar-refractivity contribution in [3.63, 3.8) is 0 Å². The Morgan fingerprint density at radius 2 is 2.27 bits per heavy atom. The van der Waals surface area contributed by atoms with Crippen molar-refractivity contribution in [1.29, 1.82) is 0 Å². The molecule has 0 N–H and O–H groups in total. The van der Waals surface area contributed by atoms with Gasteiger partial charge in [0.25, 0.3) is 0 Å². The number of allylic oxidation sites excluding steroid dienone is 4. The van der Waals surface area contributed by atoms with Gasteiger partial charge in [-0.3, -0.25) is 4.79 Å². The van der Waals surface area contributed by atoms with Crippen LogP contribution in [0.25, 0.3) is 0 Å². The number of Topliss-reactive ketones (excluding diaryl/α,β-unsaturated/α-hetero) is 1. The molecule has 2 aliphatic carbocycles. The van der Waals surface area contributed by atoms with Crippen LogP contribution in [0.1, 0.15) is 26.2 Å². The van der Waals surface area contributed by atoms with Gasteiger partial charge in [0.1, 0.15) is 0 Å². The maximum absolute atomic E-state index is 11.3. The molecule has 1 atom stereocenters. The van der Waals surface area contributed by atoms with Crippen molar-refractivity contribution in [1.82, 2.24) is 0 Å². The molecule has 1 nitrogen and oxygen atoms in total. The lowest BCUT2D eigenvalue weighted by Gasteiger charge is -2.12. The van der Waals surface area contributed by atoms with E-state index in [1.807, 2.05) is 0 Å². The molecule has 0 aromatic carbocycles. The van der Waals surface area contributed by atoms with Crippen LogP contribution in [0.3, 0.4) is 0 Å². The molecule has 0 spiro atoms. The van der Waals surface area contributed by atoms with E-state index in [4.69, 9.17) is 0 Å². The fourth-order valence-electron chi connectivity index (χ4n) is 1.83. The van der Waals surface area contributed by atoms with Crippen LogP contribution < -0.4 is 0 Å². The molecule has 0 radical (unpaired) electrons. The molecule has 1 heteroatoms. The molecule has 0 aromatic heterocycles. The van der Waals surface area contributed by atoms with Crippen LogP contribution in [-0.2, 0) is 4.79 Å². The second kappa shape index (κ2) is 2.33. The van der Waals surface area contributed by atoms with Crippen LogP contribution in [0.5, 0.6) is 0 Å². The Kier molecular flexibility index (Phi) is 1.45. The van der Waals surface area contributed by atoms with Crippen molar-refractivity contribution >= 4 is 5.78 Å². The summed E-state index contributed by atoms with van der Waals surface area (Å²) in [6.45, 7) is 2.16. The average Bonchev–Trinajstić information content (AvgIpc) is 2.33. The van der Waals surface area contributed by atoms with Crippen molar-refractivity contribution in [2.75, 3.05) is 0 Å². The van der Waals surface area contributed by atoms with Gasteiger partial charge in [-0.05, 0) is 29.9 Å². The van der Waals surface area contributed by atoms with Crippen molar-refractivity contribution < 1.29 is 4.79 Å². The van der Waals surface area contributed by atoms with Crippen LogP contribution in [0, 0.1) is 5.92 Å². The van der Waals surface area contributed by atoms with E-state index >= 15 is 0 Å². The lowest BCUT2D eigenvalue weighted by atomic mass is 9.92. The third-order valence-electron chi connectivity index (χ3n) is 2.50. The fourth-order valence-corrected chi connectivity index (χ4v) is 1.83. The molecule has 58 valence electrons. The molecule has 0 saturated heterocycles. The summed E-state index contributed by atoms with van der Waals surface area (Å²) in [7, 11) is 0. The number of rotatable bonds is 0. The Balaban J connectivity index is 2.33. The highest BCUT2D eigenvalue weighted by Crippen LogP contribution is 2.32. The predicted molar refractivity (Wildman–Crippen MR) is 44.2 cm³/mol. The molecule has 2 rings (SSSR count). The molecule has 0 aromatic rings. The van der Waals surface area contributed by atoms with Crippen LogP contribution in [0.4, 0.5) is 0 Å². The van der Waals surface area contributed by atoms with Crippen LogP contribution in [-0.4, -0.2) is 5.78 Å². The Bertz CT molecular complexity index is 258. The predicted octanol–water partition coefficient (Wildman–Crippen LogP) is 2.24. The van der Waals surface area contributed by atoms with Gasteiger partial charge in [-0.15, -0.1) is 0 Å². The first-order chi connectivity index (χ1) is 5.27. The van der Waals surface area contributed by atoms with Crippen LogP contribution in [0.15, 0.2) is 23.3 Å². The maximum atomic E-state index is 11.3. The van der Waals surface area contributed by atoms with E-state index in [0.29, 0.717) is 11.7 Å². The zero-order valence-corrected chi connectivity index (χ0v) is 6.76. The van der Waals surface area contributed by atoms with E-state index in [0.717, 1.165) is 24.8 Å². The van der Waals surface area contributed by atoms with Gasteiger partial charge in [0.15, 0.2) is 5.78 Å². The quantitative estimate of drug-likeness (QED) is 0.515. The number of hydrogen-bond donors (Lipinski definition) is 0. The minimum atomic E-state index is 0.385. The third kappa shape index (κ3) is 1.05. The molecule has 0 aliphatic heterocycles. The fraction of sp³-hybridized carbons (Fsp3) is 0.500. The monoisotopic (exact) mass is 148 g/mol. The SMILES string of the molecule is CC1C=CC2=C(C1)C(=O)CC2. The van der Waals surface area contributed by atoms with Gasteiger partial charge in [-0.25, -0.2) is 0 Å². The topological polar surface area (TPSA) is 17.1 Å². The number of hydrogen-bond acceptors (Lipinski definition) is 1. The highest BCUT2D eigenvalue weighted by molar-refractivity contribution is 5.99. The van der Waals surface area contributed by atoms with Crippen molar-refractivity contribution in [2.45, 2.75) is 26.2 Å². The first kappa shape index (κ1) is 6.84. The third-order valence-corrected chi connectivity index (χ3v) is 2.50. The number of ketones is 1. The highest BCUT2D eigenvalue weighted by atomic mass is 16.1. The molecule has 2 aliphatic rings. The molecule has 1 unspecified atom stereocenters. The first-order valence-electron chi connectivity index (χ1n) is 4.21. The Morgan fingerprint density at radius 1 is 1.45 bits per heavy atom. The van der Waals surface area contributed by atoms with E-state index < -0.39 is 0 Å².